The first kappa shape index (κ1) is 14.5. The number of aromatic hydroxyl groups is 1. The lowest BCUT2D eigenvalue weighted by molar-refractivity contribution is 0.476. The van der Waals surface area contributed by atoms with Gasteiger partial charge in [-0.1, -0.05) is 23.2 Å². The molecule has 1 aromatic heterocycles. The van der Waals surface area contributed by atoms with Crippen LogP contribution in [0.3, 0.4) is 0 Å². The van der Waals surface area contributed by atoms with Gasteiger partial charge in [-0.05, 0) is 44.5 Å². The molecule has 0 saturated heterocycles. The van der Waals surface area contributed by atoms with Crippen molar-refractivity contribution >= 4 is 40.2 Å². The predicted molar refractivity (Wildman–Crippen MR) is 84.0 cm³/mol. The van der Waals surface area contributed by atoms with E-state index in [4.69, 9.17) is 23.2 Å². The van der Waals surface area contributed by atoms with Crippen LogP contribution in [0.5, 0.6) is 5.75 Å². The minimum Gasteiger partial charge on any atom is -0.505 e. The molecule has 2 N–H and O–H groups in total. The summed E-state index contributed by atoms with van der Waals surface area (Å²) in [5, 5.41) is 13.4. The Kier molecular flexibility index (Phi) is 4.29. The van der Waals surface area contributed by atoms with E-state index >= 15 is 0 Å². The third kappa shape index (κ3) is 3.16. The van der Waals surface area contributed by atoms with Crippen LogP contribution in [0.4, 0.5) is 5.69 Å². The van der Waals surface area contributed by atoms with Crippen LogP contribution in [0.15, 0.2) is 18.2 Å². The fourth-order valence-electron chi connectivity index (χ4n) is 2.06. The summed E-state index contributed by atoms with van der Waals surface area (Å²) in [6.45, 7) is 6.30. The number of rotatable bonds is 3. The molecule has 1 aromatic carbocycles. The molecule has 0 radical (unpaired) electrons. The minimum atomic E-state index is -0.0795. The quantitative estimate of drug-likeness (QED) is 0.728. The van der Waals surface area contributed by atoms with Crippen LogP contribution in [0, 0.1) is 13.8 Å². The summed E-state index contributed by atoms with van der Waals surface area (Å²) in [6.07, 6.45) is 0. The van der Waals surface area contributed by atoms with E-state index in [0.29, 0.717) is 0 Å². The number of benzene rings is 1. The van der Waals surface area contributed by atoms with Gasteiger partial charge in [0.15, 0.2) is 5.75 Å². The van der Waals surface area contributed by atoms with Gasteiger partial charge in [-0.2, -0.15) is 0 Å². The molecule has 1 atom stereocenters. The Morgan fingerprint density at radius 3 is 2.21 bits per heavy atom. The summed E-state index contributed by atoms with van der Waals surface area (Å²) in [5.41, 5.74) is 2.06. The first-order valence-electron chi connectivity index (χ1n) is 5.90. The maximum atomic E-state index is 9.54. The van der Waals surface area contributed by atoms with Gasteiger partial charge < -0.3 is 10.4 Å². The average molecular weight is 316 g/mol. The van der Waals surface area contributed by atoms with Gasteiger partial charge in [0.05, 0.1) is 10.0 Å². The molecular formula is C14H15Cl2NOS. The zero-order chi connectivity index (χ0) is 14.2. The molecule has 2 nitrogen and oxygen atoms in total. The van der Waals surface area contributed by atoms with E-state index in [1.165, 1.54) is 15.3 Å². The monoisotopic (exact) mass is 315 g/mol. The van der Waals surface area contributed by atoms with E-state index in [-0.39, 0.29) is 21.8 Å². The Morgan fingerprint density at radius 2 is 1.74 bits per heavy atom. The van der Waals surface area contributed by atoms with Crippen LogP contribution in [0.25, 0.3) is 0 Å². The molecule has 2 aromatic rings. The van der Waals surface area contributed by atoms with E-state index in [0.717, 1.165) is 5.69 Å². The summed E-state index contributed by atoms with van der Waals surface area (Å²) < 4.78 is 0. The van der Waals surface area contributed by atoms with Crippen molar-refractivity contribution in [3.63, 3.8) is 0 Å². The van der Waals surface area contributed by atoms with Crippen LogP contribution < -0.4 is 5.32 Å². The SMILES string of the molecule is Cc1cc(C(C)Nc2cc(Cl)c(O)c(Cl)c2)c(C)s1. The van der Waals surface area contributed by atoms with Gasteiger partial charge in [0, 0.05) is 21.5 Å². The lowest BCUT2D eigenvalue weighted by Gasteiger charge is -2.16. The van der Waals surface area contributed by atoms with Crippen LogP contribution in [-0.4, -0.2) is 5.11 Å². The highest BCUT2D eigenvalue weighted by Crippen LogP contribution is 2.36. The summed E-state index contributed by atoms with van der Waals surface area (Å²) >= 11 is 13.6. The number of hydrogen-bond acceptors (Lipinski definition) is 3. The average Bonchev–Trinajstić information content (AvgIpc) is 2.65. The number of phenolic OH excluding ortho intramolecular Hbond substituents is 1. The molecule has 5 heteroatoms. The zero-order valence-corrected chi connectivity index (χ0v) is 13.2. The van der Waals surface area contributed by atoms with E-state index in [2.05, 4.69) is 32.2 Å². The molecule has 19 heavy (non-hydrogen) atoms. The fourth-order valence-corrected chi connectivity index (χ4v) is 3.57. The van der Waals surface area contributed by atoms with E-state index in [1.807, 2.05) is 0 Å². The van der Waals surface area contributed by atoms with Crippen molar-refractivity contribution in [3.8, 4) is 5.75 Å². The number of nitrogens with one attached hydrogen (secondary N) is 1. The molecule has 0 saturated carbocycles. The van der Waals surface area contributed by atoms with Crippen molar-refractivity contribution in [3.05, 3.63) is 43.6 Å². The molecule has 1 unspecified atom stereocenters. The topological polar surface area (TPSA) is 32.3 Å². The van der Waals surface area contributed by atoms with Gasteiger partial charge in [-0.15, -0.1) is 11.3 Å². The molecule has 0 fully saturated rings. The highest BCUT2D eigenvalue weighted by atomic mass is 35.5. The second kappa shape index (κ2) is 5.61. The van der Waals surface area contributed by atoms with Crippen molar-refractivity contribution < 1.29 is 5.11 Å². The van der Waals surface area contributed by atoms with Crippen LogP contribution in [0.2, 0.25) is 10.0 Å². The molecule has 0 aliphatic heterocycles. The molecular weight excluding hydrogens is 301 g/mol. The van der Waals surface area contributed by atoms with Gasteiger partial charge in [0.2, 0.25) is 0 Å². The first-order valence-corrected chi connectivity index (χ1v) is 7.47. The molecule has 0 aliphatic carbocycles. The fraction of sp³-hybridized carbons (Fsp3) is 0.286. The summed E-state index contributed by atoms with van der Waals surface area (Å²) in [5.74, 6) is -0.0795. The Hall–Kier alpha value is -0.900. The maximum absolute atomic E-state index is 9.54. The highest BCUT2D eigenvalue weighted by molar-refractivity contribution is 7.12. The number of halogens is 2. The first-order chi connectivity index (χ1) is 8.88. The lowest BCUT2D eigenvalue weighted by Crippen LogP contribution is -2.06. The number of thiophene rings is 1. The number of anilines is 1. The molecule has 1 heterocycles. The largest absolute Gasteiger partial charge is 0.505 e. The Labute approximate surface area is 127 Å². The van der Waals surface area contributed by atoms with Crippen LogP contribution in [-0.2, 0) is 0 Å². The van der Waals surface area contributed by atoms with Gasteiger partial charge in [-0.3, -0.25) is 0 Å². The standard InChI is InChI=1S/C14H15Cl2NOS/c1-7-4-11(9(3)19-7)8(2)17-10-5-12(15)14(18)13(16)6-10/h4-6,8,17-18H,1-3H3. The van der Waals surface area contributed by atoms with Crippen molar-refractivity contribution in [2.75, 3.05) is 5.32 Å². The van der Waals surface area contributed by atoms with Gasteiger partial charge in [-0.25, -0.2) is 0 Å². The Balaban J connectivity index is 2.24. The Morgan fingerprint density at radius 1 is 1.16 bits per heavy atom. The number of aryl methyl sites for hydroxylation is 2. The molecule has 0 bridgehead atoms. The molecule has 0 amide bonds. The van der Waals surface area contributed by atoms with Crippen molar-refractivity contribution in [1.29, 1.82) is 0 Å². The van der Waals surface area contributed by atoms with Gasteiger partial charge in [0.1, 0.15) is 0 Å². The van der Waals surface area contributed by atoms with Crippen LogP contribution >= 0.6 is 34.5 Å². The van der Waals surface area contributed by atoms with Crippen molar-refractivity contribution in [2.45, 2.75) is 26.8 Å². The summed E-state index contributed by atoms with van der Waals surface area (Å²) in [4.78, 5) is 2.59. The zero-order valence-electron chi connectivity index (χ0n) is 10.9. The van der Waals surface area contributed by atoms with E-state index in [9.17, 15) is 5.11 Å². The lowest BCUT2D eigenvalue weighted by atomic mass is 10.1. The summed E-state index contributed by atoms with van der Waals surface area (Å²) in [7, 11) is 0. The third-order valence-corrected chi connectivity index (χ3v) is 4.50. The number of phenols is 1. The Bertz CT molecular complexity index is 586. The highest BCUT2D eigenvalue weighted by Gasteiger charge is 2.13. The molecule has 2 rings (SSSR count). The number of hydrogen-bond donors (Lipinski definition) is 2. The van der Waals surface area contributed by atoms with Crippen molar-refractivity contribution in [1.82, 2.24) is 0 Å². The third-order valence-electron chi connectivity index (χ3n) is 2.95. The second-order valence-electron chi connectivity index (χ2n) is 4.52. The maximum Gasteiger partial charge on any atom is 0.152 e. The minimum absolute atomic E-state index is 0.0795. The van der Waals surface area contributed by atoms with E-state index in [1.54, 1.807) is 23.5 Å². The predicted octanol–water partition coefficient (Wildman–Crippen LogP) is 5.55. The molecule has 0 spiro atoms. The van der Waals surface area contributed by atoms with Crippen molar-refractivity contribution in [2.24, 2.45) is 0 Å². The molecule has 0 aliphatic rings. The summed E-state index contributed by atoms with van der Waals surface area (Å²) in [6, 6.07) is 5.68. The van der Waals surface area contributed by atoms with Crippen LogP contribution in [0.1, 0.15) is 28.3 Å². The smallest absolute Gasteiger partial charge is 0.152 e. The normalized spacial score (nSPS) is 12.5. The molecule has 102 valence electrons. The second-order valence-corrected chi connectivity index (χ2v) is 6.80. The van der Waals surface area contributed by atoms with E-state index < -0.39 is 0 Å². The van der Waals surface area contributed by atoms with Gasteiger partial charge in [0.25, 0.3) is 0 Å². The van der Waals surface area contributed by atoms with Gasteiger partial charge >= 0.3 is 0 Å².